The average molecular weight is 438 g/mol. The molecule has 2 amide bonds. The maximum atomic E-state index is 12.1. The molecule has 0 spiro atoms. The third-order valence-electron chi connectivity index (χ3n) is 4.84. The molecule has 0 unspecified atom stereocenters. The van der Waals surface area contributed by atoms with Gasteiger partial charge in [-0.2, -0.15) is 9.61 Å². The number of benzene rings is 1. The molecule has 31 heavy (non-hydrogen) atoms. The van der Waals surface area contributed by atoms with Crippen LogP contribution < -0.4 is 21.3 Å². The minimum absolute atomic E-state index is 0.228. The lowest BCUT2D eigenvalue weighted by molar-refractivity contribution is -0.122. The Balaban J connectivity index is 1.67. The standard InChI is InChI=1S/C21H23N7O2S/c1-22-17(21(30)24-12-29)8-14-11-25-28-19(26-15-4-5-15)9-18(27-20(14)28)23-10-13-2-6-16(31)7-3-13/h2-3,6-9,11-12,15,22,26,31H,4-5,10H2,1H3,(H,23,27)(H,24,29,30)/b17-8-. The number of carbonyl (C=O) groups is 2. The van der Waals surface area contributed by atoms with Crippen LogP contribution in [0.3, 0.4) is 0 Å². The molecule has 1 aliphatic carbocycles. The van der Waals surface area contributed by atoms with Gasteiger partial charge in [0.05, 0.1) is 6.20 Å². The summed E-state index contributed by atoms with van der Waals surface area (Å²) in [4.78, 5) is 28.3. The third-order valence-corrected chi connectivity index (χ3v) is 5.14. The molecule has 2 aromatic heterocycles. The van der Waals surface area contributed by atoms with Gasteiger partial charge in [0.1, 0.15) is 17.3 Å². The number of nitrogens with zero attached hydrogens (tertiary/aromatic N) is 3. The van der Waals surface area contributed by atoms with Crippen molar-refractivity contribution in [2.45, 2.75) is 30.3 Å². The number of nitrogens with one attached hydrogen (secondary N) is 4. The summed E-state index contributed by atoms with van der Waals surface area (Å²) >= 11 is 4.32. The van der Waals surface area contributed by atoms with Gasteiger partial charge in [-0.1, -0.05) is 12.1 Å². The normalized spacial score (nSPS) is 13.7. The van der Waals surface area contributed by atoms with Crippen molar-refractivity contribution >= 4 is 48.3 Å². The average Bonchev–Trinajstić information content (AvgIpc) is 3.49. The van der Waals surface area contributed by atoms with E-state index in [0.717, 1.165) is 29.1 Å². The van der Waals surface area contributed by atoms with E-state index < -0.39 is 5.91 Å². The van der Waals surface area contributed by atoms with Gasteiger partial charge in [0.15, 0.2) is 5.65 Å². The van der Waals surface area contributed by atoms with Crippen molar-refractivity contribution in [1.82, 2.24) is 25.2 Å². The van der Waals surface area contributed by atoms with Gasteiger partial charge < -0.3 is 16.0 Å². The van der Waals surface area contributed by atoms with Crippen molar-refractivity contribution in [2.75, 3.05) is 17.7 Å². The highest BCUT2D eigenvalue weighted by atomic mass is 32.1. The first-order chi connectivity index (χ1) is 15.1. The first-order valence-electron chi connectivity index (χ1n) is 9.88. The maximum absolute atomic E-state index is 12.1. The van der Waals surface area contributed by atoms with E-state index in [0.29, 0.717) is 36.0 Å². The molecule has 1 saturated carbocycles. The van der Waals surface area contributed by atoms with Crippen molar-refractivity contribution in [3.8, 4) is 0 Å². The number of imide groups is 1. The second-order valence-electron chi connectivity index (χ2n) is 7.20. The summed E-state index contributed by atoms with van der Waals surface area (Å²) in [6.07, 6.45) is 5.84. The molecular formula is C21H23N7O2S. The summed E-state index contributed by atoms with van der Waals surface area (Å²) < 4.78 is 1.72. The molecule has 1 aromatic carbocycles. The monoisotopic (exact) mass is 437 g/mol. The van der Waals surface area contributed by atoms with Crippen LogP contribution in [0.15, 0.2) is 47.1 Å². The molecule has 9 nitrogen and oxygen atoms in total. The Kier molecular flexibility index (Phi) is 6.08. The summed E-state index contributed by atoms with van der Waals surface area (Å²) in [6.45, 7) is 0.600. The molecule has 0 bridgehead atoms. The van der Waals surface area contributed by atoms with Crippen LogP contribution in [-0.2, 0) is 16.1 Å². The summed E-state index contributed by atoms with van der Waals surface area (Å²) in [5.41, 5.74) is 2.57. The van der Waals surface area contributed by atoms with Crippen LogP contribution in [-0.4, -0.2) is 40.0 Å². The first-order valence-corrected chi connectivity index (χ1v) is 10.3. The highest BCUT2D eigenvalue weighted by molar-refractivity contribution is 7.80. The second kappa shape index (κ2) is 9.09. The smallest absolute Gasteiger partial charge is 0.273 e. The molecule has 0 radical (unpaired) electrons. The van der Waals surface area contributed by atoms with E-state index >= 15 is 0 Å². The number of aromatic nitrogens is 3. The maximum Gasteiger partial charge on any atom is 0.273 e. The molecule has 1 fully saturated rings. The Labute approximate surface area is 184 Å². The number of amides is 2. The molecule has 2 heterocycles. The van der Waals surface area contributed by atoms with Crippen molar-refractivity contribution < 1.29 is 9.59 Å². The third kappa shape index (κ3) is 4.97. The Morgan fingerprint density at radius 2 is 2.06 bits per heavy atom. The van der Waals surface area contributed by atoms with E-state index in [1.165, 1.54) is 0 Å². The van der Waals surface area contributed by atoms with Gasteiger partial charge in [-0.15, -0.1) is 12.6 Å². The van der Waals surface area contributed by atoms with Crippen LogP contribution in [0.1, 0.15) is 24.0 Å². The highest BCUT2D eigenvalue weighted by Gasteiger charge is 2.23. The van der Waals surface area contributed by atoms with Gasteiger partial charge in [-0.25, -0.2) is 4.98 Å². The van der Waals surface area contributed by atoms with E-state index in [1.54, 1.807) is 23.8 Å². The quantitative estimate of drug-likeness (QED) is 0.198. The van der Waals surface area contributed by atoms with Crippen LogP contribution in [0.5, 0.6) is 0 Å². The Morgan fingerprint density at radius 3 is 2.74 bits per heavy atom. The highest BCUT2D eigenvalue weighted by Crippen LogP contribution is 2.27. The van der Waals surface area contributed by atoms with E-state index in [9.17, 15) is 9.59 Å². The van der Waals surface area contributed by atoms with Gasteiger partial charge in [0, 0.05) is 36.2 Å². The minimum atomic E-state index is -0.532. The lowest BCUT2D eigenvalue weighted by atomic mass is 10.2. The van der Waals surface area contributed by atoms with E-state index in [2.05, 4.69) is 39.0 Å². The molecule has 160 valence electrons. The second-order valence-corrected chi connectivity index (χ2v) is 7.72. The Hall–Kier alpha value is -3.53. The topological polar surface area (TPSA) is 112 Å². The predicted octanol–water partition coefficient (Wildman–Crippen LogP) is 2.04. The molecule has 0 atom stereocenters. The van der Waals surface area contributed by atoms with Gasteiger partial charge in [-0.05, 0) is 36.6 Å². The van der Waals surface area contributed by atoms with Crippen LogP contribution in [0.2, 0.25) is 0 Å². The Bertz CT molecular complexity index is 1140. The number of likely N-dealkylation sites (N-methyl/N-ethyl adjacent to an activating group) is 1. The number of hydrogen-bond acceptors (Lipinski definition) is 8. The summed E-state index contributed by atoms with van der Waals surface area (Å²) in [7, 11) is 1.61. The number of carbonyl (C=O) groups excluding carboxylic acids is 2. The fourth-order valence-corrected chi connectivity index (χ4v) is 3.21. The van der Waals surface area contributed by atoms with Crippen molar-refractivity contribution in [1.29, 1.82) is 0 Å². The number of thiol groups is 1. The minimum Gasteiger partial charge on any atom is -0.384 e. The fourth-order valence-electron chi connectivity index (χ4n) is 3.06. The summed E-state index contributed by atoms with van der Waals surface area (Å²) in [5.74, 6) is 0.975. The molecular weight excluding hydrogens is 414 g/mol. The van der Waals surface area contributed by atoms with Crippen LogP contribution in [0.4, 0.5) is 11.6 Å². The molecule has 1 aliphatic rings. The van der Waals surface area contributed by atoms with Crippen LogP contribution in [0.25, 0.3) is 11.7 Å². The molecule has 4 N–H and O–H groups in total. The van der Waals surface area contributed by atoms with Crippen molar-refractivity contribution in [3.63, 3.8) is 0 Å². The van der Waals surface area contributed by atoms with E-state index in [-0.39, 0.29) is 5.70 Å². The lowest BCUT2D eigenvalue weighted by Crippen LogP contribution is -2.28. The van der Waals surface area contributed by atoms with Gasteiger partial charge in [-0.3, -0.25) is 14.9 Å². The molecule has 4 rings (SSSR count). The van der Waals surface area contributed by atoms with E-state index in [4.69, 9.17) is 4.98 Å². The number of fused-ring (bicyclic) bond motifs is 1. The van der Waals surface area contributed by atoms with Crippen LogP contribution >= 0.6 is 12.6 Å². The largest absolute Gasteiger partial charge is 0.384 e. The SMILES string of the molecule is CN/C(=C\c1cnn2c(NC3CC3)cc(NCc3ccc(S)cc3)nc12)C(=O)NC=O. The molecule has 0 saturated heterocycles. The van der Waals surface area contributed by atoms with Gasteiger partial charge in [0.25, 0.3) is 5.91 Å². The van der Waals surface area contributed by atoms with E-state index in [1.807, 2.05) is 30.3 Å². The van der Waals surface area contributed by atoms with Crippen LogP contribution in [0, 0.1) is 0 Å². The Morgan fingerprint density at radius 1 is 1.29 bits per heavy atom. The summed E-state index contributed by atoms with van der Waals surface area (Å²) in [6, 6.07) is 10.3. The van der Waals surface area contributed by atoms with Crippen molar-refractivity contribution in [3.05, 3.63) is 53.4 Å². The van der Waals surface area contributed by atoms with Gasteiger partial charge >= 0.3 is 0 Å². The molecule has 3 aromatic rings. The predicted molar refractivity (Wildman–Crippen MR) is 122 cm³/mol. The lowest BCUT2D eigenvalue weighted by Gasteiger charge is -2.12. The molecule has 10 heteroatoms. The number of rotatable bonds is 9. The molecule has 0 aliphatic heterocycles. The van der Waals surface area contributed by atoms with Crippen molar-refractivity contribution in [2.24, 2.45) is 0 Å². The van der Waals surface area contributed by atoms with Gasteiger partial charge in [0.2, 0.25) is 6.41 Å². The summed E-state index contributed by atoms with van der Waals surface area (Å²) in [5, 5.41) is 16.2. The zero-order valence-electron chi connectivity index (χ0n) is 16.9. The zero-order valence-corrected chi connectivity index (χ0v) is 17.8. The first kappa shape index (κ1) is 20.7. The zero-order chi connectivity index (χ0) is 21.8. The number of hydrogen-bond donors (Lipinski definition) is 5. The fraction of sp³-hybridized carbons (Fsp3) is 0.238. The number of anilines is 2.